The van der Waals surface area contributed by atoms with Crippen molar-refractivity contribution in [2.45, 2.75) is 26.6 Å². The number of carbonyl (C=O) groups is 3. The summed E-state index contributed by atoms with van der Waals surface area (Å²) in [6, 6.07) is 4.92. The van der Waals surface area contributed by atoms with Crippen LogP contribution in [-0.4, -0.2) is 30.8 Å². The molecule has 0 bridgehead atoms. The molecular weight excluding hydrogens is 328 g/mol. The van der Waals surface area contributed by atoms with Crippen molar-refractivity contribution in [1.29, 1.82) is 0 Å². The van der Waals surface area contributed by atoms with Gasteiger partial charge < -0.3 is 18.9 Å². The lowest BCUT2D eigenvalue weighted by Crippen LogP contribution is -2.41. The summed E-state index contributed by atoms with van der Waals surface area (Å²) in [5.41, 5.74) is 0.515. The van der Waals surface area contributed by atoms with E-state index in [2.05, 4.69) is 0 Å². The Morgan fingerprint density at radius 1 is 1.12 bits per heavy atom. The van der Waals surface area contributed by atoms with E-state index in [1.54, 1.807) is 24.3 Å². The fourth-order valence-corrected chi connectivity index (χ4v) is 2.08. The summed E-state index contributed by atoms with van der Waals surface area (Å²) in [7, 11) is 1.45. The lowest BCUT2D eigenvalue weighted by molar-refractivity contribution is -0.222. The van der Waals surface area contributed by atoms with Crippen LogP contribution in [0.2, 0.25) is 0 Å². The minimum atomic E-state index is -1.27. The molecule has 0 spiro atoms. The van der Waals surface area contributed by atoms with E-state index in [1.807, 2.05) is 0 Å². The average Bonchev–Trinajstić information content (AvgIpc) is 2.49. The van der Waals surface area contributed by atoms with E-state index in [9.17, 15) is 14.4 Å². The maximum absolute atomic E-state index is 11.8. The molecule has 0 radical (unpaired) electrons. The van der Waals surface area contributed by atoms with E-state index in [1.165, 1.54) is 40.0 Å². The van der Waals surface area contributed by atoms with Gasteiger partial charge in [0, 0.05) is 20.8 Å². The molecule has 1 heterocycles. The van der Waals surface area contributed by atoms with Crippen molar-refractivity contribution in [2.75, 3.05) is 7.11 Å². The largest absolute Gasteiger partial charge is 0.493 e. The van der Waals surface area contributed by atoms with Crippen molar-refractivity contribution in [3.05, 3.63) is 41.5 Å². The Hall–Kier alpha value is -3.09. The van der Waals surface area contributed by atoms with E-state index in [4.69, 9.17) is 18.9 Å². The number of carbonyl (C=O) groups excluding carboxylic acids is 3. The maximum Gasteiger partial charge on any atom is 0.348 e. The van der Waals surface area contributed by atoms with Gasteiger partial charge in [0.1, 0.15) is 5.57 Å². The highest BCUT2D eigenvalue weighted by Crippen LogP contribution is 2.29. The molecule has 1 fully saturated rings. The molecule has 0 atom stereocenters. The number of allylic oxidation sites excluding steroid dienone is 2. The van der Waals surface area contributed by atoms with E-state index >= 15 is 0 Å². The third-order valence-electron chi connectivity index (χ3n) is 3.11. The Kier molecular flexibility index (Phi) is 5.26. The molecule has 2 rings (SSSR count). The molecule has 132 valence electrons. The Bertz CT molecular complexity index is 750. The molecular formula is C18H18O7. The van der Waals surface area contributed by atoms with Crippen molar-refractivity contribution in [1.82, 2.24) is 0 Å². The van der Waals surface area contributed by atoms with E-state index < -0.39 is 23.7 Å². The summed E-state index contributed by atoms with van der Waals surface area (Å²) in [6.07, 6.45) is 4.47. The molecule has 0 aromatic heterocycles. The van der Waals surface area contributed by atoms with Crippen molar-refractivity contribution in [3.63, 3.8) is 0 Å². The number of rotatable bonds is 4. The van der Waals surface area contributed by atoms with Gasteiger partial charge in [0.2, 0.25) is 0 Å². The van der Waals surface area contributed by atoms with E-state index in [0.717, 1.165) is 0 Å². The fourth-order valence-electron chi connectivity index (χ4n) is 2.08. The Labute approximate surface area is 144 Å². The fraction of sp³-hybridized carbons (Fsp3) is 0.278. The zero-order chi connectivity index (χ0) is 18.6. The van der Waals surface area contributed by atoms with Gasteiger partial charge in [-0.1, -0.05) is 18.2 Å². The third kappa shape index (κ3) is 4.69. The summed E-state index contributed by atoms with van der Waals surface area (Å²) >= 11 is 0. The number of benzene rings is 1. The molecule has 0 aliphatic carbocycles. The highest BCUT2D eigenvalue weighted by Gasteiger charge is 2.38. The maximum atomic E-state index is 11.8. The van der Waals surface area contributed by atoms with Gasteiger partial charge in [-0.2, -0.15) is 0 Å². The van der Waals surface area contributed by atoms with Crippen LogP contribution >= 0.6 is 0 Å². The molecule has 1 aromatic rings. The van der Waals surface area contributed by atoms with Crippen LogP contribution in [0, 0.1) is 0 Å². The smallest absolute Gasteiger partial charge is 0.348 e. The van der Waals surface area contributed by atoms with Crippen molar-refractivity contribution >= 4 is 24.0 Å². The molecule has 7 nitrogen and oxygen atoms in total. The summed E-state index contributed by atoms with van der Waals surface area (Å²) in [5, 5.41) is 0. The average molecular weight is 346 g/mol. The first-order chi connectivity index (χ1) is 11.7. The van der Waals surface area contributed by atoms with Crippen LogP contribution in [0.1, 0.15) is 26.3 Å². The predicted octanol–water partition coefficient (Wildman–Crippen LogP) is 2.40. The summed E-state index contributed by atoms with van der Waals surface area (Å²) in [6.45, 7) is 4.25. The number of ether oxygens (including phenoxy) is 4. The first kappa shape index (κ1) is 18.3. The normalized spacial score (nSPS) is 16.2. The minimum Gasteiger partial charge on any atom is -0.493 e. The molecule has 1 saturated heterocycles. The number of hydrogen-bond acceptors (Lipinski definition) is 7. The van der Waals surface area contributed by atoms with Crippen molar-refractivity contribution in [2.24, 2.45) is 0 Å². The predicted molar refractivity (Wildman–Crippen MR) is 87.7 cm³/mol. The van der Waals surface area contributed by atoms with Gasteiger partial charge >= 0.3 is 17.9 Å². The van der Waals surface area contributed by atoms with E-state index in [0.29, 0.717) is 17.1 Å². The van der Waals surface area contributed by atoms with Gasteiger partial charge in [-0.3, -0.25) is 4.79 Å². The van der Waals surface area contributed by atoms with Crippen LogP contribution in [0.25, 0.3) is 6.08 Å². The van der Waals surface area contributed by atoms with Gasteiger partial charge in [-0.15, -0.1) is 0 Å². The Morgan fingerprint density at radius 3 is 2.32 bits per heavy atom. The lowest BCUT2D eigenvalue weighted by atomic mass is 10.1. The molecule has 1 aromatic carbocycles. The van der Waals surface area contributed by atoms with Crippen molar-refractivity contribution in [3.8, 4) is 11.5 Å². The van der Waals surface area contributed by atoms with Gasteiger partial charge in [-0.05, 0) is 23.8 Å². The second-order valence-corrected chi connectivity index (χ2v) is 5.62. The number of hydrogen-bond donors (Lipinski definition) is 0. The molecule has 0 unspecified atom stereocenters. The molecule has 25 heavy (non-hydrogen) atoms. The first-order valence-electron chi connectivity index (χ1n) is 7.43. The molecule has 0 saturated carbocycles. The van der Waals surface area contributed by atoms with Gasteiger partial charge in [0.15, 0.2) is 11.5 Å². The molecule has 1 aliphatic heterocycles. The van der Waals surface area contributed by atoms with Crippen LogP contribution in [0.5, 0.6) is 11.5 Å². The monoisotopic (exact) mass is 346 g/mol. The van der Waals surface area contributed by atoms with Crippen LogP contribution < -0.4 is 9.47 Å². The zero-order valence-corrected chi connectivity index (χ0v) is 14.3. The van der Waals surface area contributed by atoms with Crippen LogP contribution in [0.3, 0.4) is 0 Å². The van der Waals surface area contributed by atoms with Crippen molar-refractivity contribution < 1.29 is 33.3 Å². The molecule has 0 amide bonds. The Morgan fingerprint density at radius 2 is 1.76 bits per heavy atom. The number of cyclic esters (lactones) is 2. The van der Waals surface area contributed by atoms with Gasteiger partial charge in [-0.25, -0.2) is 9.59 Å². The van der Waals surface area contributed by atoms with Gasteiger partial charge in [0.25, 0.3) is 5.79 Å². The molecule has 7 heteroatoms. The van der Waals surface area contributed by atoms with Crippen LogP contribution in [0.15, 0.2) is 35.9 Å². The second-order valence-electron chi connectivity index (χ2n) is 5.62. The van der Waals surface area contributed by atoms with E-state index in [-0.39, 0.29) is 5.57 Å². The summed E-state index contributed by atoms with van der Waals surface area (Å²) in [5.74, 6) is -2.53. The highest BCUT2D eigenvalue weighted by molar-refractivity contribution is 6.15. The zero-order valence-electron chi connectivity index (χ0n) is 14.3. The lowest BCUT2D eigenvalue weighted by Gasteiger charge is -2.29. The van der Waals surface area contributed by atoms with Crippen LogP contribution in [-0.2, 0) is 23.9 Å². The Balaban J connectivity index is 2.18. The minimum absolute atomic E-state index is 0.195. The first-order valence-corrected chi connectivity index (χ1v) is 7.43. The SMILES string of the molecule is COc1cc(C=CC=C2C(=O)OC(C)(C)OC2=O)ccc1OC(C)=O. The number of methoxy groups -OCH3 is 1. The third-order valence-corrected chi connectivity index (χ3v) is 3.11. The molecule has 0 N–H and O–H groups in total. The topological polar surface area (TPSA) is 88.1 Å². The number of esters is 3. The standard InChI is InChI=1S/C18H18O7/c1-11(19)23-14-9-8-12(10-15(14)22-4)6-5-7-13-16(20)24-18(2,3)25-17(13)21/h5-10H,1-4H3. The highest BCUT2D eigenvalue weighted by atomic mass is 16.7. The molecule has 1 aliphatic rings. The second kappa shape index (κ2) is 7.21. The quantitative estimate of drug-likeness (QED) is 0.358. The summed E-state index contributed by atoms with van der Waals surface area (Å²) < 4.78 is 20.2. The van der Waals surface area contributed by atoms with Gasteiger partial charge in [0.05, 0.1) is 7.11 Å². The summed E-state index contributed by atoms with van der Waals surface area (Å²) in [4.78, 5) is 34.7. The van der Waals surface area contributed by atoms with Crippen LogP contribution in [0.4, 0.5) is 0 Å².